The molecule has 138 valence electrons. The first-order valence-electron chi connectivity index (χ1n) is 8.55. The summed E-state index contributed by atoms with van der Waals surface area (Å²) in [6.45, 7) is 3.71. The van der Waals surface area contributed by atoms with Gasteiger partial charge in [0.2, 0.25) is 0 Å². The average Bonchev–Trinajstić information content (AvgIpc) is 3.24. The maximum Gasteiger partial charge on any atom is 0.268 e. The molecule has 0 aliphatic heterocycles. The van der Waals surface area contributed by atoms with Gasteiger partial charge in [0.15, 0.2) is 0 Å². The van der Waals surface area contributed by atoms with Crippen LogP contribution in [0.4, 0.5) is 0 Å². The first-order chi connectivity index (χ1) is 12.4. The lowest BCUT2D eigenvalue weighted by molar-refractivity contribution is 0.380. The summed E-state index contributed by atoms with van der Waals surface area (Å²) in [5.41, 5.74) is 2.43. The summed E-state index contributed by atoms with van der Waals surface area (Å²) in [6, 6.07) is 10.4. The molecule has 0 spiro atoms. The Morgan fingerprint density at radius 3 is 2.54 bits per heavy atom. The van der Waals surface area contributed by atoms with E-state index >= 15 is 0 Å². The van der Waals surface area contributed by atoms with Crippen LogP contribution in [-0.4, -0.2) is 47.7 Å². The Morgan fingerprint density at radius 2 is 1.85 bits per heavy atom. The summed E-state index contributed by atoms with van der Waals surface area (Å²) in [5, 5.41) is 4.37. The number of rotatable bonds is 7. The van der Waals surface area contributed by atoms with Crippen LogP contribution in [0.25, 0.3) is 11.3 Å². The maximum absolute atomic E-state index is 13.0. The van der Waals surface area contributed by atoms with Crippen LogP contribution in [-0.2, 0) is 16.6 Å². The Bertz CT molecular complexity index is 969. The summed E-state index contributed by atoms with van der Waals surface area (Å²) >= 11 is 0. The highest BCUT2D eigenvalue weighted by Gasteiger charge is 2.20. The van der Waals surface area contributed by atoms with Crippen LogP contribution < -0.4 is 0 Å². The Hall–Kier alpha value is -2.38. The monoisotopic (exact) mass is 372 g/mol. The normalized spacial score (nSPS) is 12.0. The van der Waals surface area contributed by atoms with E-state index in [0.717, 1.165) is 30.6 Å². The van der Waals surface area contributed by atoms with Gasteiger partial charge in [-0.2, -0.15) is 5.10 Å². The molecule has 3 aromatic rings. The molecule has 3 rings (SSSR count). The Balaban J connectivity index is 1.87. The zero-order chi connectivity index (χ0) is 18.7. The molecule has 0 N–H and O–H groups in total. The van der Waals surface area contributed by atoms with Crippen LogP contribution in [0.5, 0.6) is 0 Å². The van der Waals surface area contributed by atoms with E-state index in [1.165, 1.54) is 3.97 Å². The average molecular weight is 372 g/mol. The van der Waals surface area contributed by atoms with Crippen molar-refractivity contribution in [2.24, 2.45) is 0 Å². The van der Waals surface area contributed by atoms with Crippen LogP contribution in [0.3, 0.4) is 0 Å². The van der Waals surface area contributed by atoms with E-state index in [-0.39, 0.29) is 4.90 Å². The summed E-state index contributed by atoms with van der Waals surface area (Å²) in [4.78, 5) is 2.41. The largest absolute Gasteiger partial charge is 0.309 e. The molecule has 7 heteroatoms. The minimum Gasteiger partial charge on any atom is -0.309 e. The first-order valence-corrected chi connectivity index (χ1v) is 9.99. The van der Waals surface area contributed by atoms with Crippen molar-refractivity contribution in [2.45, 2.75) is 24.8 Å². The summed E-state index contributed by atoms with van der Waals surface area (Å²) in [7, 11) is 0.441. The lowest BCUT2D eigenvalue weighted by atomic mass is 10.2. The third kappa shape index (κ3) is 3.89. The van der Waals surface area contributed by atoms with Crippen molar-refractivity contribution >= 4 is 10.0 Å². The molecule has 26 heavy (non-hydrogen) atoms. The van der Waals surface area contributed by atoms with E-state index in [9.17, 15) is 8.42 Å². The van der Waals surface area contributed by atoms with Crippen molar-refractivity contribution in [3.8, 4) is 11.3 Å². The lowest BCUT2D eigenvalue weighted by Gasteiger charge is -2.10. The second-order valence-corrected chi connectivity index (χ2v) is 8.47. The van der Waals surface area contributed by atoms with Crippen molar-refractivity contribution in [2.75, 3.05) is 20.6 Å². The molecule has 2 heterocycles. The zero-order valence-electron chi connectivity index (χ0n) is 15.3. The van der Waals surface area contributed by atoms with Crippen molar-refractivity contribution in [3.05, 3.63) is 60.6 Å². The predicted octanol–water partition coefficient (Wildman–Crippen LogP) is 2.85. The quantitative estimate of drug-likeness (QED) is 0.640. The SMILES string of the molecule is Cc1ccc(S(=O)(=O)n2cccc2-c2cnn(CCCN(C)C)c2)cc1. The topological polar surface area (TPSA) is 60.1 Å². The number of aryl methyl sites for hydroxylation is 2. The molecule has 0 saturated heterocycles. The molecule has 0 radical (unpaired) electrons. The fourth-order valence-corrected chi connectivity index (χ4v) is 4.15. The number of hydrogen-bond donors (Lipinski definition) is 0. The van der Waals surface area contributed by atoms with Gasteiger partial charge in [-0.1, -0.05) is 17.7 Å². The fourth-order valence-electron chi connectivity index (χ4n) is 2.79. The van der Waals surface area contributed by atoms with Crippen molar-refractivity contribution < 1.29 is 8.42 Å². The van der Waals surface area contributed by atoms with Crippen molar-refractivity contribution in [1.82, 2.24) is 18.7 Å². The molecular formula is C19H24N4O2S. The molecular weight excluding hydrogens is 348 g/mol. The van der Waals surface area contributed by atoms with E-state index in [1.54, 1.807) is 48.8 Å². The highest BCUT2D eigenvalue weighted by Crippen LogP contribution is 2.25. The van der Waals surface area contributed by atoms with E-state index < -0.39 is 10.0 Å². The summed E-state index contributed by atoms with van der Waals surface area (Å²) < 4.78 is 29.1. The molecule has 0 unspecified atom stereocenters. The molecule has 0 aliphatic carbocycles. The second-order valence-electron chi connectivity index (χ2n) is 6.66. The van der Waals surface area contributed by atoms with E-state index in [2.05, 4.69) is 10.00 Å². The number of nitrogens with zero attached hydrogens (tertiary/aromatic N) is 4. The van der Waals surface area contributed by atoms with Crippen LogP contribution in [0.15, 0.2) is 59.9 Å². The van der Waals surface area contributed by atoms with Crippen LogP contribution in [0.2, 0.25) is 0 Å². The highest BCUT2D eigenvalue weighted by molar-refractivity contribution is 7.90. The molecule has 0 aliphatic rings. The standard InChI is InChI=1S/C19H24N4O2S/c1-16-7-9-18(10-8-16)26(24,25)23-13-4-6-19(23)17-14-20-22(15-17)12-5-11-21(2)3/h4,6-10,13-15H,5,11-12H2,1-3H3. The van der Waals surface area contributed by atoms with Crippen LogP contribution >= 0.6 is 0 Å². The lowest BCUT2D eigenvalue weighted by Crippen LogP contribution is -2.15. The third-order valence-corrected chi connectivity index (χ3v) is 5.92. The van der Waals surface area contributed by atoms with Gasteiger partial charge in [-0.25, -0.2) is 12.4 Å². The maximum atomic E-state index is 13.0. The molecule has 0 fully saturated rings. The van der Waals surface area contributed by atoms with Crippen LogP contribution in [0.1, 0.15) is 12.0 Å². The first kappa shape index (κ1) is 18.4. The van der Waals surface area contributed by atoms with E-state index in [1.807, 2.05) is 31.9 Å². The molecule has 0 atom stereocenters. The van der Waals surface area contributed by atoms with Gasteiger partial charge in [0.05, 0.1) is 16.8 Å². The minimum atomic E-state index is -3.64. The van der Waals surface area contributed by atoms with Gasteiger partial charge in [0.25, 0.3) is 10.0 Å². The summed E-state index contributed by atoms with van der Waals surface area (Å²) in [6.07, 6.45) is 6.17. The summed E-state index contributed by atoms with van der Waals surface area (Å²) in [5.74, 6) is 0. The van der Waals surface area contributed by atoms with Crippen LogP contribution in [0, 0.1) is 6.92 Å². The van der Waals surface area contributed by atoms with Gasteiger partial charge in [-0.15, -0.1) is 0 Å². The van der Waals surface area contributed by atoms with E-state index in [0.29, 0.717) is 5.69 Å². The molecule has 0 bridgehead atoms. The Morgan fingerprint density at radius 1 is 1.12 bits per heavy atom. The van der Waals surface area contributed by atoms with Gasteiger partial charge >= 0.3 is 0 Å². The minimum absolute atomic E-state index is 0.277. The number of aromatic nitrogens is 3. The number of benzene rings is 1. The Labute approximate surface area is 154 Å². The zero-order valence-corrected chi connectivity index (χ0v) is 16.1. The van der Waals surface area contributed by atoms with Gasteiger partial charge in [-0.05, 0) is 58.3 Å². The molecule has 1 aromatic carbocycles. The van der Waals surface area contributed by atoms with Gasteiger partial charge in [-0.3, -0.25) is 4.68 Å². The molecule has 0 amide bonds. The molecule has 2 aromatic heterocycles. The number of hydrogen-bond acceptors (Lipinski definition) is 4. The third-order valence-electron chi connectivity index (χ3n) is 4.21. The fraction of sp³-hybridized carbons (Fsp3) is 0.316. The Kier molecular flexibility index (Phi) is 5.29. The van der Waals surface area contributed by atoms with Gasteiger partial charge in [0.1, 0.15) is 0 Å². The van der Waals surface area contributed by atoms with Crippen molar-refractivity contribution in [1.29, 1.82) is 0 Å². The highest BCUT2D eigenvalue weighted by atomic mass is 32.2. The predicted molar refractivity (Wildman–Crippen MR) is 103 cm³/mol. The van der Waals surface area contributed by atoms with Crippen molar-refractivity contribution in [3.63, 3.8) is 0 Å². The molecule has 0 saturated carbocycles. The van der Waals surface area contributed by atoms with E-state index in [4.69, 9.17) is 0 Å². The molecule has 6 nitrogen and oxygen atoms in total. The second kappa shape index (κ2) is 7.47. The van der Waals surface area contributed by atoms with Gasteiger partial charge < -0.3 is 4.90 Å². The smallest absolute Gasteiger partial charge is 0.268 e. The van der Waals surface area contributed by atoms with Gasteiger partial charge in [0, 0.05) is 24.5 Å².